The van der Waals surface area contributed by atoms with Crippen molar-refractivity contribution < 1.29 is 24.0 Å². The van der Waals surface area contributed by atoms with Crippen LogP contribution in [0, 0.1) is 0 Å². The molecule has 17 aromatic rings. The van der Waals surface area contributed by atoms with Crippen LogP contribution in [0.2, 0.25) is 0 Å². The van der Waals surface area contributed by atoms with Gasteiger partial charge in [0.25, 0.3) is 0 Å². The van der Waals surface area contributed by atoms with Crippen LogP contribution in [0.4, 0.5) is 45.5 Å². The molecular formula is C115H98BrIN3Si2-. The summed E-state index contributed by atoms with van der Waals surface area (Å²) in [6.07, 6.45) is 2.34. The van der Waals surface area contributed by atoms with Gasteiger partial charge < -0.3 is 39.1 Å². The second-order valence-electron chi connectivity index (χ2n) is 33.0. The van der Waals surface area contributed by atoms with Crippen molar-refractivity contribution in [2.24, 2.45) is 0 Å². The van der Waals surface area contributed by atoms with Gasteiger partial charge in [0.1, 0.15) is 0 Å². The van der Waals surface area contributed by atoms with E-state index in [1.165, 1.54) is 109 Å². The summed E-state index contributed by atoms with van der Waals surface area (Å²) in [4.78, 5) is 4.70. The molecule has 20 rings (SSSR count). The van der Waals surface area contributed by atoms with Crippen LogP contribution in [0.15, 0.2) is 471 Å². The Hall–Kier alpha value is -12.7. The molecule has 3 nitrogen and oxygen atoms in total. The van der Waals surface area contributed by atoms with Gasteiger partial charge in [-0.05, 0) is 213 Å². The summed E-state index contributed by atoms with van der Waals surface area (Å²) < 4.78 is 1.08. The molecule has 122 heavy (non-hydrogen) atoms. The van der Waals surface area contributed by atoms with Crippen LogP contribution in [-0.2, 0) is 16.2 Å². The highest BCUT2D eigenvalue weighted by atomic mass is 127. The summed E-state index contributed by atoms with van der Waals surface area (Å²) in [6.45, 7) is 18.2. The monoisotopic (exact) mass is 1780 g/mol. The molecule has 0 fully saturated rings. The predicted molar refractivity (Wildman–Crippen MR) is 526 cm³/mol. The molecular weight excluding hydrogens is 1690 g/mol. The average molecular weight is 1790 g/mol. The fraction of sp³-hybridized carbons (Fsp3) is 0.0783. The van der Waals surface area contributed by atoms with Crippen molar-refractivity contribution in [1.82, 2.24) is 0 Å². The second kappa shape index (κ2) is 36.3. The molecule has 7 heteroatoms. The number of rotatable bonds is 17. The standard InChI is InChI=1S/C47H39NSi.C27H22BrN.C21H19N.C20H18Si.HI/c1-47(2)45-26-16-15-25-43(45)44-32-31-39(35-46(44)47)48(37-17-7-3-8-18-37)38-29-27-36(28-30-38)33-34-49(40-19-9-4-10-20-40,41-21-11-5-12-22-41)42-23-13-6-14-24-42;1-27(2)25-11-7-6-10-23(25)24-17-16-22(18-26(24)27)29(20-8-4-3-5-9-20)21-14-12-19(28)13-15-21;1-21(2)19-11-7-6-10-17(19)18-13-12-16(14-20(18)21)22-15-8-4-3-5-9-15;1-2-21(18-12-6-3-7-13-18,19-14-8-4-9-15-19)20-16-10-5-11-17-20;/h3-35H,1-2H3;3-18H,1-2H3;3-14,22H,1-2H3;2-17H,1H2;1H/p-1/b34-33+;;;;. The van der Waals surface area contributed by atoms with E-state index >= 15 is 0 Å². The van der Waals surface area contributed by atoms with Crippen LogP contribution < -0.4 is 70.2 Å². The highest BCUT2D eigenvalue weighted by Gasteiger charge is 2.41. The summed E-state index contributed by atoms with van der Waals surface area (Å²) in [5, 5.41) is 11.7. The molecule has 3 aliphatic carbocycles. The first-order valence-corrected chi connectivity index (χ1v) is 46.9. The fourth-order valence-corrected chi connectivity index (χ4v) is 26.9. The zero-order valence-corrected chi connectivity index (χ0v) is 75.6. The second-order valence-corrected chi connectivity index (χ2v) is 41.3. The van der Waals surface area contributed by atoms with Crippen LogP contribution >= 0.6 is 15.9 Å². The molecule has 1 N–H and O–H groups in total. The van der Waals surface area contributed by atoms with Crippen LogP contribution in [0.5, 0.6) is 0 Å². The first-order valence-electron chi connectivity index (χ1n) is 41.9. The van der Waals surface area contributed by atoms with E-state index in [2.05, 4.69) is 539 Å². The van der Waals surface area contributed by atoms with E-state index < -0.39 is 16.1 Å². The lowest BCUT2D eigenvalue weighted by atomic mass is 9.82. The number of nitrogens with zero attached hydrogens (tertiary/aromatic N) is 2. The van der Waals surface area contributed by atoms with E-state index in [-0.39, 0.29) is 40.2 Å². The Labute approximate surface area is 749 Å². The number of nitrogens with one attached hydrogen (secondary N) is 1. The maximum Gasteiger partial charge on any atom is 0.172 e. The van der Waals surface area contributed by atoms with Gasteiger partial charge >= 0.3 is 0 Å². The Morgan fingerprint density at radius 1 is 0.254 bits per heavy atom. The van der Waals surface area contributed by atoms with Crippen LogP contribution in [-0.4, -0.2) is 16.1 Å². The number of fused-ring (bicyclic) bond motifs is 9. The number of benzene rings is 17. The molecule has 0 unspecified atom stereocenters. The minimum absolute atomic E-state index is 0. The third-order valence-electron chi connectivity index (χ3n) is 24.8. The van der Waals surface area contributed by atoms with Crippen LogP contribution in [0.1, 0.15) is 80.5 Å². The van der Waals surface area contributed by atoms with Crippen molar-refractivity contribution in [2.75, 3.05) is 15.1 Å². The van der Waals surface area contributed by atoms with Crippen molar-refractivity contribution in [1.29, 1.82) is 0 Å². The minimum Gasteiger partial charge on any atom is -1.00 e. The molecule has 596 valence electrons. The fourth-order valence-electron chi connectivity index (χ4n) is 18.6. The van der Waals surface area contributed by atoms with Crippen molar-refractivity contribution in [3.63, 3.8) is 0 Å². The van der Waals surface area contributed by atoms with Gasteiger partial charge in [0, 0.05) is 66.2 Å². The highest BCUT2D eigenvalue weighted by Crippen LogP contribution is 2.54. The summed E-state index contributed by atoms with van der Waals surface area (Å²) in [6, 6.07) is 162. The van der Waals surface area contributed by atoms with Crippen LogP contribution in [0.25, 0.3) is 39.5 Å². The SMILES string of the molecule is C=C[Si](c1ccccc1)(c1ccccc1)c1ccccc1.CC1(C)c2ccccc2-c2ccc(N(c3ccccc3)c3ccc(/C=C/[Si](c4ccccc4)(c4ccccc4)c4ccccc4)cc3)cc21.CC1(C)c2ccccc2-c2ccc(N(c3ccccc3)c3ccc(Br)cc3)cc21.CC1(C)c2ccccc2-c2ccc(Nc3ccccc3)cc21.[I-]. The smallest absolute Gasteiger partial charge is 0.172 e. The van der Waals surface area contributed by atoms with Gasteiger partial charge in [-0.25, -0.2) is 0 Å². The van der Waals surface area contributed by atoms with E-state index in [0.717, 1.165) is 44.3 Å². The van der Waals surface area contributed by atoms with E-state index in [0.29, 0.717) is 0 Å². The normalized spacial score (nSPS) is 13.0. The molecule has 0 heterocycles. The molecule has 0 aliphatic heterocycles. The van der Waals surface area contributed by atoms with E-state index in [9.17, 15) is 0 Å². The van der Waals surface area contributed by atoms with Gasteiger partial charge in [-0.1, -0.05) is 415 Å². The van der Waals surface area contributed by atoms with E-state index in [1.54, 1.807) is 0 Å². The molecule has 0 atom stereocenters. The lowest BCUT2D eigenvalue weighted by molar-refractivity contribution is -0.0000232. The predicted octanol–water partition coefficient (Wildman–Crippen LogP) is 24.0. The van der Waals surface area contributed by atoms with Gasteiger partial charge in [-0.15, -0.1) is 6.58 Å². The van der Waals surface area contributed by atoms with Gasteiger partial charge in [0.05, 0.1) is 0 Å². The Balaban J connectivity index is 0.000000129. The van der Waals surface area contributed by atoms with Crippen molar-refractivity contribution >= 4 is 115 Å². The molecule has 3 aliphatic rings. The summed E-state index contributed by atoms with van der Waals surface area (Å²) >= 11 is 3.56. The lowest BCUT2D eigenvalue weighted by Crippen LogP contribution is -3.00. The van der Waals surface area contributed by atoms with Crippen LogP contribution in [0.3, 0.4) is 0 Å². The number of halogens is 2. The molecule has 0 radical (unpaired) electrons. The average Bonchev–Trinajstić information content (AvgIpc) is 1.70. The zero-order chi connectivity index (χ0) is 83.0. The maximum absolute atomic E-state index is 4.22. The zero-order valence-electron chi connectivity index (χ0n) is 69.8. The Morgan fingerprint density at radius 3 is 0.861 bits per heavy atom. The summed E-state index contributed by atoms with van der Waals surface area (Å²) in [7, 11) is -4.62. The summed E-state index contributed by atoms with van der Waals surface area (Å²) in [5.41, 5.74) is 31.5. The van der Waals surface area contributed by atoms with E-state index in [1.807, 2.05) is 6.07 Å². The third-order valence-corrected chi connectivity index (χ3v) is 34.0. The first-order chi connectivity index (χ1) is 59.1. The lowest BCUT2D eigenvalue weighted by Gasteiger charge is -2.31. The highest BCUT2D eigenvalue weighted by molar-refractivity contribution is 9.10. The van der Waals surface area contributed by atoms with E-state index in [4.69, 9.17) is 0 Å². The number of para-hydroxylation sites is 3. The number of hydrogen-bond acceptors (Lipinski definition) is 3. The van der Waals surface area contributed by atoms with Gasteiger partial charge in [0.15, 0.2) is 16.1 Å². The molecule has 0 spiro atoms. The molecule has 17 aromatic carbocycles. The molecule has 0 aromatic heterocycles. The van der Waals surface area contributed by atoms with Gasteiger partial charge in [-0.3, -0.25) is 0 Å². The van der Waals surface area contributed by atoms with Crippen molar-refractivity contribution in [2.45, 2.75) is 57.8 Å². The minimum atomic E-state index is -2.49. The first kappa shape index (κ1) is 82.9. The van der Waals surface area contributed by atoms with Gasteiger partial charge in [0.2, 0.25) is 0 Å². The number of anilines is 8. The maximum atomic E-state index is 4.22. The molecule has 0 saturated carbocycles. The molecule has 0 amide bonds. The number of hydrogen-bond donors (Lipinski definition) is 1. The quantitative estimate of drug-likeness (QED) is 0.0557. The topological polar surface area (TPSA) is 18.5 Å². The molecule has 0 saturated heterocycles. The third kappa shape index (κ3) is 16.3. The Morgan fingerprint density at radius 2 is 0.516 bits per heavy atom. The Kier molecular flexibility index (Phi) is 24.7. The van der Waals surface area contributed by atoms with Gasteiger partial charge in [-0.2, -0.15) is 0 Å². The summed E-state index contributed by atoms with van der Waals surface area (Å²) in [5.74, 6) is 0. The van der Waals surface area contributed by atoms with Crippen molar-refractivity contribution in [3.05, 3.63) is 510 Å². The largest absolute Gasteiger partial charge is 1.00 e. The Bertz CT molecular complexity index is 6260. The molecule has 0 bridgehead atoms. The van der Waals surface area contributed by atoms with Crippen molar-refractivity contribution in [3.8, 4) is 33.4 Å².